The third-order valence-corrected chi connectivity index (χ3v) is 6.58. The zero-order chi connectivity index (χ0) is 23.1. The highest BCUT2D eigenvalue weighted by Crippen LogP contribution is 2.31. The third kappa shape index (κ3) is 3.82. The molecular weight excluding hydrogens is 416 g/mol. The van der Waals surface area contributed by atoms with Gasteiger partial charge in [-0.15, -0.1) is 0 Å². The Morgan fingerprint density at radius 2 is 1.70 bits per heavy atom. The molecule has 168 valence electrons. The average Bonchev–Trinajstić information content (AvgIpc) is 3.33. The lowest BCUT2D eigenvalue weighted by molar-refractivity contribution is -0.121. The van der Waals surface area contributed by atoms with Crippen molar-refractivity contribution in [2.45, 2.75) is 40.0 Å². The van der Waals surface area contributed by atoms with Crippen LogP contribution in [-0.4, -0.2) is 17.4 Å². The summed E-state index contributed by atoms with van der Waals surface area (Å²) in [5, 5.41) is 6.03. The van der Waals surface area contributed by atoms with Crippen LogP contribution in [0.5, 0.6) is 0 Å². The van der Waals surface area contributed by atoms with Crippen LogP contribution in [0.25, 0.3) is 32.8 Å². The molecule has 0 aliphatic rings. The summed E-state index contributed by atoms with van der Waals surface area (Å²) in [6.45, 7) is 6.40. The SMILES string of the molecule is Cc1oc2cc3oc(=O)c(CCC(=O)NCCc4c[nH]c5ccccc45)c(C)c3cc2c1C. The molecule has 6 heteroatoms. The molecule has 0 saturated heterocycles. The normalized spacial score (nSPS) is 11.6. The van der Waals surface area contributed by atoms with Crippen LogP contribution in [0.1, 0.15) is 34.4 Å². The first-order valence-corrected chi connectivity index (χ1v) is 11.2. The summed E-state index contributed by atoms with van der Waals surface area (Å²) in [5.41, 5.74) is 5.57. The number of hydrogen-bond acceptors (Lipinski definition) is 4. The number of para-hydroxylation sites is 1. The van der Waals surface area contributed by atoms with Crippen LogP contribution in [0.3, 0.4) is 0 Å². The summed E-state index contributed by atoms with van der Waals surface area (Å²) in [5.74, 6) is 0.773. The Morgan fingerprint density at radius 3 is 2.55 bits per heavy atom. The lowest BCUT2D eigenvalue weighted by atomic mass is 10.0. The molecule has 0 radical (unpaired) electrons. The van der Waals surface area contributed by atoms with Gasteiger partial charge in [-0.2, -0.15) is 0 Å². The number of aromatic amines is 1. The first-order chi connectivity index (χ1) is 15.9. The van der Waals surface area contributed by atoms with Crippen molar-refractivity contribution in [1.29, 1.82) is 0 Å². The fourth-order valence-electron chi connectivity index (χ4n) is 4.52. The number of benzene rings is 2. The maximum Gasteiger partial charge on any atom is 0.339 e. The van der Waals surface area contributed by atoms with Crippen molar-refractivity contribution >= 4 is 38.7 Å². The van der Waals surface area contributed by atoms with Crippen LogP contribution in [0.4, 0.5) is 0 Å². The molecule has 3 aromatic heterocycles. The van der Waals surface area contributed by atoms with Crippen molar-refractivity contribution in [3.8, 4) is 0 Å². The summed E-state index contributed by atoms with van der Waals surface area (Å²) in [7, 11) is 0. The van der Waals surface area contributed by atoms with Crippen LogP contribution >= 0.6 is 0 Å². The van der Waals surface area contributed by atoms with Gasteiger partial charge in [0.25, 0.3) is 0 Å². The second kappa shape index (κ2) is 8.28. The number of carbonyl (C=O) groups excluding carboxylic acids is 1. The minimum atomic E-state index is -0.397. The van der Waals surface area contributed by atoms with Crippen molar-refractivity contribution in [2.24, 2.45) is 0 Å². The van der Waals surface area contributed by atoms with Crippen LogP contribution in [0, 0.1) is 20.8 Å². The highest BCUT2D eigenvalue weighted by Gasteiger charge is 2.16. The van der Waals surface area contributed by atoms with Crippen molar-refractivity contribution in [3.63, 3.8) is 0 Å². The Morgan fingerprint density at radius 1 is 0.939 bits per heavy atom. The van der Waals surface area contributed by atoms with Crippen molar-refractivity contribution in [3.05, 3.63) is 81.0 Å². The van der Waals surface area contributed by atoms with E-state index in [0.717, 1.165) is 39.6 Å². The molecule has 2 N–H and O–H groups in total. The molecule has 0 bridgehead atoms. The number of carbonyl (C=O) groups is 1. The van der Waals surface area contributed by atoms with E-state index in [9.17, 15) is 9.59 Å². The fraction of sp³-hybridized carbons (Fsp3) is 0.259. The van der Waals surface area contributed by atoms with Gasteiger partial charge in [-0.25, -0.2) is 4.79 Å². The van der Waals surface area contributed by atoms with Crippen molar-refractivity contribution in [2.75, 3.05) is 6.54 Å². The number of aryl methyl sites for hydroxylation is 3. The van der Waals surface area contributed by atoms with Gasteiger partial charge >= 0.3 is 5.63 Å². The Bertz CT molecular complexity index is 1570. The van der Waals surface area contributed by atoms with Gasteiger partial charge in [0.05, 0.1) is 0 Å². The summed E-state index contributed by atoms with van der Waals surface area (Å²) in [6.07, 6.45) is 3.30. The molecule has 0 spiro atoms. The monoisotopic (exact) mass is 442 g/mol. The van der Waals surface area contributed by atoms with Gasteiger partial charge in [-0.3, -0.25) is 4.79 Å². The van der Waals surface area contributed by atoms with E-state index in [2.05, 4.69) is 16.4 Å². The highest BCUT2D eigenvalue weighted by atomic mass is 16.4. The summed E-state index contributed by atoms with van der Waals surface area (Å²) in [6, 6.07) is 11.9. The van der Waals surface area contributed by atoms with E-state index in [-0.39, 0.29) is 12.3 Å². The van der Waals surface area contributed by atoms with Crippen molar-refractivity contribution in [1.82, 2.24) is 10.3 Å². The lowest BCUT2D eigenvalue weighted by Crippen LogP contribution is -2.26. The molecule has 33 heavy (non-hydrogen) atoms. The van der Waals surface area contributed by atoms with Gasteiger partial charge in [0.2, 0.25) is 5.91 Å². The number of nitrogens with one attached hydrogen (secondary N) is 2. The summed E-state index contributed by atoms with van der Waals surface area (Å²) >= 11 is 0. The summed E-state index contributed by atoms with van der Waals surface area (Å²) in [4.78, 5) is 28.3. The van der Waals surface area contributed by atoms with Gasteiger partial charge in [0.1, 0.15) is 16.9 Å². The number of furan rings is 1. The predicted molar refractivity (Wildman–Crippen MR) is 130 cm³/mol. The van der Waals surface area contributed by atoms with E-state index >= 15 is 0 Å². The highest BCUT2D eigenvalue weighted by molar-refractivity contribution is 5.96. The number of fused-ring (bicyclic) bond motifs is 3. The largest absolute Gasteiger partial charge is 0.461 e. The number of rotatable bonds is 6. The zero-order valence-electron chi connectivity index (χ0n) is 19.0. The first-order valence-electron chi connectivity index (χ1n) is 11.2. The molecule has 0 aliphatic carbocycles. The van der Waals surface area contributed by atoms with E-state index in [1.165, 1.54) is 10.9 Å². The van der Waals surface area contributed by atoms with E-state index in [4.69, 9.17) is 8.83 Å². The fourth-order valence-corrected chi connectivity index (χ4v) is 4.52. The Hall–Kier alpha value is -3.80. The second-order valence-electron chi connectivity index (χ2n) is 8.58. The maximum atomic E-state index is 12.6. The minimum Gasteiger partial charge on any atom is -0.461 e. The molecule has 0 aliphatic heterocycles. The van der Waals surface area contributed by atoms with E-state index < -0.39 is 5.63 Å². The summed E-state index contributed by atoms with van der Waals surface area (Å²) < 4.78 is 11.4. The van der Waals surface area contributed by atoms with Crippen LogP contribution in [0.15, 0.2) is 56.2 Å². The van der Waals surface area contributed by atoms with Crippen LogP contribution in [0.2, 0.25) is 0 Å². The zero-order valence-corrected chi connectivity index (χ0v) is 19.0. The van der Waals surface area contributed by atoms with Gasteiger partial charge in [0.15, 0.2) is 0 Å². The van der Waals surface area contributed by atoms with Gasteiger partial charge in [-0.05, 0) is 62.4 Å². The molecule has 6 nitrogen and oxygen atoms in total. The number of amides is 1. The molecule has 0 fully saturated rings. The molecular formula is C27H26N2O4. The quantitative estimate of drug-likeness (QED) is 0.352. The Balaban J connectivity index is 1.28. The third-order valence-electron chi connectivity index (χ3n) is 6.58. The standard InChI is InChI=1S/C27H26N2O4/c1-15-17(3)32-24-13-25-22(12-21(15)24)16(2)19(27(31)33-25)8-9-26(30)28-11-10-18-14-29-23-7-5-4-6-20(18)23/h4-7,12-14,29H,8-11H2,1-3H3,(H,28,30). The van der Waals surface area contributed by atoms with Crippen LogP contribution < -0.4 is 10.9 Å². The molecule has 1 amide bonds. The Kier molecular flexibility index (Phi) is 5.29. The first kappa shape index (κ1) is 21.1. The van der Waals surface area contributed by atoms with Gasteiger partial charge in [0, 0.05) is 52.5 Å². The van der Waals surface area contributed by atoms with E-state index in [1.54, 1.807) is 6.07 Å². The number of aromatic nitrogens is 1. The molecule has 3 heterocycles. The smallest absolute Gasteiger partial charge is 0.339 e. The lowest BCUT2D eigenvalue weighted by Gasteiger charge is -2.09. The van der Waals surface area contributed by atoms with Gasteiger partial charge < -0.3 is 19.1 Å². The van der Waals surface area contributed by atoms with Crippen molar-refractivity contribution < 1.29 is 13.6 Å². The maximum absolute atomic E-state index is 12.6. The molecule has 0 unspecified atom stereocenters. The second-order valence-corrected chi connectivity index (χ2v) is 8.58. The molecule has 0 saturated carbocycles. The molecule has 5 rings (SSSR count). The topological polar surface area (TPSA) is 88.2 Å². The predicted octanol–water partition coefficient (Wildman–Crippen LogP) is 5.24. The molecule has 2 aromatic carbocycles. The Labute approximate surface area is 190 Å². The average molecular weight is 443 g/mol. The molecule has 0 atom stereocenters. The minimum absolute atomic E-state index is 0.0782. The van der Waals surface area contributed by atoms with Gasteiger partial charge in [-0.1, -0.05) is 18.2 Å². The van der Waals surface area contributed by atoms with Crippen LogP contribution in [-0.2, 0) is 17.6 Å². The number of H-pyrrole nitrogens is 1. The van der Waals surface area contributed by atoms with E-state index in [0.29, 0.717) is 29.7 Å². The number of hydrogen-bond donors (Lipinski definition) is 2. The molecule has 5 aromatic rings. The van der Waals surface area contributed by atoms with E-state index in [1.807, 2.05) is 51.2 Å².